The van der Waals surface area contributed by atoms with E-state index < -0.39 is 0 Å². The maximum Gasteiger partial charge on any atom is 0.143 e. The highest BCUT2D eigenvalue weighted by Gasteiger charge is 2.21. The summed E-state index contributed by atoms with van der Waals surface area (Å²) in [6, 6.07) is 84.4. The van der Waals surface area contributed by atoms with Gasteiger partial charge in [0.25, 0.3) is 0 Å². The minimum atomic E-state index is 0.888. The van der Waals surface area contributed by atoms with E-state index in [-0.39, 0.29) is 0 Å². The summed E-state index contributed by atoms with van der Waals surface area (Å²) in [7, 11) is 0. The van der Waals surface area contributed by atoms with Gasteiger partial charge in [-0.05, 0) is 97.9 Å². The van der Waals surface area contributed by atoms with Crippen molar-refractivity contribution in [3.8, 4) is 44.5 Å². The molecule has 13 aromatic rings. The van der Waals surface area contributed by atoms with E-state index in [0.29, 0.717) is 0 Å². The summed E-state index contributed by atoms with van der Waals surface area (Å²) in [6.45, 7) is 0. The molecule has 0 atom stereocenters. The lowest BCUT2D eigenvalue weighted by atomic mass is 9.95. The van der Waals surface area contributed by atoms with E-state index in [9.17, 15) is 0 Å². The Bertz CT molecular complexity index is 3920. The monoisotopic (exact) mass is 829 g/mol. The summed E-state index contributed by atoms with van der Waals surface area (Å²) in [5.74, 6) is 0. The van der Waals surface area contributed by atoms with Crippen LogP contribution < -0.4 is 4.90 Å². The third-order valence-corrected chi connectivity index (χ3v) is 13.0. The molecule has 0 aliphatic heterocycles. The number of anilines is 3. The first-order chi connectivity index (χ1) is 32.2. The highest BCUT2D eigenvalue weighted by atomic mass is 16.3. The minimum Gasteiger partial charge on any atom is -0.455 e. The van der Waals surface area contributed by atoms with E-state index in [0.717, 1.165) is 99.9 Å². The van der Waals surface area contributed by atoms with Crippen LogP contribution in [0.25, 0.3) is 110 Å². The van der Waals surface area contributed by atoms with Crippen molar-refractivity contribution in [2.45, 2.75) is 0 Å². The molecule has 2 heterocycles. The van der Waals surface area contributed by atoms with Crippen molar-refractivity contribution in [2.75, 3.05) is 4.90 Å². The predicted octanol–water partition coefficient (Wildman–Crippen LogP) is 17.9. The average Bonchev–Trinajstić information content (AvgIpc) is 3.97. The molecule has 0 N–H and O–H groups in total. The fourth-order valence-corrected chi connectivity index (χ4v) is 9.99. The minimum absolute atomic E-state index is 0.888. The highest BCUT2D eigenvalue weighted by Crippen LogP contribution is 2.45. The van der Waals surface area contributed by atoms with Gasteiger partial charge in [0.2, 0.25) is 0 Å². The Hall–Kier alpha value is -8.66. The lowest BCUT2D eigenvalue weighted by molar-refractivity contribution is 0.670. The van der Waals surface area contributed by atoms with Crippen molar-refractivity contribution in [3.05, 3.63) is 237 Å². The molecular weight excluding hydrogens is 791 g/mol. The maximum absolute atomic E-state index is 7.00. The van der Waals surface area contributed by atoms with Gasteiger partial charge in [0.1, 0.15) is 22.3 Å². The van der Waals surface area contributed by atoms with Crippen LogP contribution in [0.4, 0.5) is 17.1 Å². The molecular formula is C62H39NO2. The van der Waals surface area contributed by atoms with Crippen molar-refractivity contribution in [3.63, 3.8) is 0 Å². The van der Waals surface area contributed by atoms with Crippen LogP contribution in [0.2, 0.25) is 0 Å². The normalized spacial score (nSPS) is 11.7. The SMILES string of the molecule is c1ccc(-c2cccc(N(c3ccc(-c4cccc5c4oc4ccc6ccccc6c45)cc3)c3ccc(-c4cccc5c4oc4c(-c6ccccc6)cc6ccccc6c45)cc3)c2)cc1. The summed E-state index contributed by atoms with van der Waals surface area (Å²) < 4.78 is 13.6. The van der Waals surface area contributed by atoms with Gasteiger partial charge in [-0.3, -0.25) is 0 Å². The van der Waals surface area contributed by atoms with Crippen molar-refractivity contribution in [1.29, 1.82) is 0 Å². The lowest BCUT2D eigenvalue weighted by Crippen LogP contribution is -2.10. The molecule has 2 aromatic heterocycles. The molecule has 0 aliphatic carbocycles. The maximum atomic E-state index is 7.00. The van der Waals surface area contributed by atoms with Crippen molar-refractivity contribution in [1.82, 2.24) is 0 Å². The number of hydrogen-bond donors (Lipinski definition) is 0. The Labute approximate surface area is 375 Å². The molecule has 3 heteroatoms. The topological polar surface area (TPSA) is 29.5 Å². The first kappa shape index (κ1) is 36.9. The fraction of sp³-hybridized carbons (Fsp3) is 0. The van der Waals surface area contributed by atoms with Crippen LogP contribution in [-0.2, 0) is 0 Å². The average molecular weight is 830 g/mol. The Morgan fingerprint density at radius 3 is 1.45 bits per heavy atom. The number of furan rings is 2. The van der Waals surface area contributed by atoms with Crippen LogP contribution in [0, 0.1) is 0 Å². The Balaban J connectivity index is 0.927. The van der Waals surface area contributed by atoms with Crippen LogP contribution in [0.5, 0.6) is 0 Å². The molecule has 0 saturated carbocycles. The Morgan fingerprint density at radius 1 is 0.262 bits per heavy atom. The molecule has 13 rings (SSSR count). The summed E-state index contributed by atoms with van der Waals surface area (Å²) in [5.41, 5.74) is 15.6. The number of hydrogen-bond acceptors (Lipinski definition) is 3. The van der Waals surface area contributed by atoms with E-state index in [1.807, 2.05) is 0 Å². The zero-order valence-corrected chi connectivity index (χ0v) is 35.3. The van der Waals surface area contributed by atoms with Gasteiger partial charge in [0, 0.05) is 55.3 Å². The van der Waals surface area contributed by atoms with Crippen LogP contribution >= 0.6 is 0 Å². The largest absolute Gasteiger partial charge is 0.455 e. The quantitative estimate of drug-likeness (QED) is 0.160. The second-order valence-corrected chi connectivity index (χ2v) is 16.8. The number of fused-ring (bicyclic) bond motifs is 10. The summed E-state index contributed by atoms with van der Waals surface area (Å²) in [5, 5.41) is 9.34. The molecule has 0 bridgehead atoms. The summed E-state index contributed by atoms with van der Waals surface area (Å²) in [6.07, 6.45) is 0. The molecule has 304 valence electrons. The molecule has 0 aliphatic rings. The van der Waals surface area contributed by atoms with Gasteiger partial charge < -0.3 is 13.7 Å². The zero-order chi connectivity index (χ0) is 42.8. The van der Waals surface area contributed by atoms with E-state index in [1.54, 1.807) is 0 Å². The molecule has 0 unspecified atom stereocenters. The van der Waals surface area contributed by atoms with Crippen molar-refractivity contribution < 1.29 is 8.83 Å². The number of benzene rings is 11. The molecule has 0 fully saturated rings. The third-order valence-electron chi connectivity index (χ3n) is 13.0. The predicted molar refractivity (Wildman–Crippen MR) is 272 cm³/mol. The van der Waals surface area contributed by atoms with Crippen LogP contribution in [0.1, 0.15) is 0 Å². The summed E-state index contributed by atoms with van der Waals surface area (Å²) in [4.78, 5) is 2.34. The van der Waals surface area contributed by atoms with E-state index in [4.69, 9.17) is 8.83 Å². The standard InChI is InChI=1S/C62H39NO2/c1-3-14-40(15-4-1)45-20-11-21-49(38-45)63(47-33-28-43(29-34-47)52-24-12-26-54-58-50-22-9-7-18-42(50)32-37-57(58)64-60(52)54)48-35-30-44(31-36-48)53-25-13-27-55-59-51-23-10-8-19-46(51)39-56(62(59)65-61(53)55)41-16-5-2-6-17-41/h1-39H. The Kier molecular flexibility index (Phi) is 8.53. The molecule has 65 heavy (non-hydrogen) atoms. The van der Waals surface area contributed by atoms with Gasteiger partial charge >= 0.3 is 0 Å². The Morgan fingerprint density at radius 2 is 0.769 bits per heavy atom. The van der Waals surface area contributed by atoms with Gasteiger partial charge in [0.05, 0.1) is 0 Å². The van der Waals surface area contributed by atoms with Gasteiger partial charge in [-0.1, -0.05) is 188 Å². The third kappa shape index (κ3) is 6.12. The van der Waals surface area contributed by atoms with Crippen molar-refractivity contribution >= 4 is 82.5 Å². The molecule has 0 amide bonds. The van der Waals surface area contributed by atoms with E-state index in [2.05, 4.69) is 241 Å². The lowest BCUT2D eigenvalue weighted by Gasteiger charge is -2.26. The van der Waals surface area contributed by atoms with Gasteiger partial charge in [0.15, 0.2) is 0 Å². The van der Waals surface area contributed by atoms with E-state index >= 15 is 0 Å². The van der Waals surface area contributed by atoms with E-state index in [1.165, 1.54) is 27.1 Å². The molecule has 0 radical (unpaired) electrons. The molecule has 0 saturated heterocycles. The number of para-hydroxylation sites is 2. The zero-order valence-electron chi connectivity index (χ0n) is 35.3. The molecule has 0 spiro atoms. The van der Waals surface area contributed by atoms with Crippen molar-refractivity contribution in [2.24, 2.45) is 0 Å². The van der Waals surface area contributed by atoms with Gasteiger partial charge in [-0.25, -0.2) is 0 Å². The first-order valence-electron chi connectivity index (χ1n) is 22.2. The molecule has 11 aromatic carbocycles. The molecule has 3 nitrogen and oxygen atoms in total. The number of rotatable bonds is 7. The van der Waals surface area contributed by atoms with Gasteiger partial charge in [-0.2, -0.15) is 0 Å². The smallest absolute Gasteiger partial charge is 0.143 e. The first-order valence-corrected chi connectivity index (χ1v) is 22.2. The fourth-order valence-electron chi connectivity index (χ4n) is 9.99. The van der Waals surface area contributed by atoms with Gasteiger partial charge in [-0.15, -0.1) is 0 Å². The number of nitrogens with zero attached hydrogens (tertiary/aromatic N) is 1. The second-order valence-electron chi connectivity index (χ2n) is 16.8. The van der Waals surface area contributed by atoms with Crippen LogP contribution in [0.15, 0.2) is 245 Å². The highest BCUT2D eigenvalue weighted by molar-refractivity contribution is 6.24. The van der Waals surface area contributed by atoms with Crippen LogP contribution in [0.3, 0.4) is 0 Å². The summed E-state index contributed by atoms with van der Waals surface area (Å²) >= 11 is 0. The van der Waals surface area contributed by atoms with Crippen LogP contribution in [-0.4, -0.2) is 0 Å². The second kappa shape index (κ2) is 15.0.